The van der Waals surface area contributed by atoms with E-state index in [0.29, 0.717) is 6.61 Å². The van der Waals surface area contributed by atoms with Crippen molar-refractivity contribution in [3.05, 3.63) is 28.3 Å². The Labute approximate surface area is 92.3 Å². The third-order valence-corrected chi connectivity index (χ3v) is 1.88. The lowest BCUT2D eigenvalue weighted by atomic mass is 10.2. The fourth-order valence-electron chi connectivity index (χ4n) is 1.18. The molecule has 0 fully saturated rings. The van der Waals surface area contributed by atoms with E-state index in [0.717, 1.165) is 0 Å². The van der Waals surface area contributed by atoms with Crippen LogP contribution in [0, 0.1) is 10.1 Å². The molecule has 0 aliphatic heterocycles. The van der Waals surface area contributed by atoms with E-state index in [2.05, 4.69) is 5.43 Å². The van der Waals surface area contributed by atoms with Gasteiger partial charge in [-0.15, -0.1) is 0 Å². The van der Waals surface area contributed by atoms with Crippen molar-refractivity contribution in [1.29, 1.82) is 0 Å². The summed E-state index contributed by atoms with van der Waals surface area (Å²) in [6.07, 6.45) is 0. The summed E-state index contributed by atoms with van der Waals surface area (Å²) < 4.78 is 10.0. The van der Waals surface area contributed by atoms with E-state index in [4.69, 9.17) is 15.3 Å². The van der Waals surface area contributed by atoms with Gasteiger partial charge in [-0.3, -0.25) is 16.0 Å². The highest BCUT2D eigenvalue weighted by Gasteiger charge is 2.20. The van der Waals surface area contributed by atoms with Gasteiger partial charge in [-0.1, -0.05) is 6.07 Å². The number of benzene rings is 1. The summed E-state index contributed by atoms with van der Waals surface area (Å²) in [5.74, 6) is 5.34. The highest BCUT2D eigenvalue weighted by atomic mass is 16.6. The van der Waals surface area contributed by atoms with Crippen LogP contribution < -0.4 is 16.0 Å². The Kier molecular flexibility index (Phi) is 4.49. The molecule has 3 N–H and O–H groups in total. The van der Waals surface area contributed by atoms with Gasteiger partial charge in [0.2, 0.25) is 0 Å². The van der Waals surface area contributed by atoms with Gasteiger partial charge in [-0.2, -0.15) is 0 Å². The van der Waals surface area contributed by atoms with Gasteiger partial charge < -0.3 is 14.9 Å². The van der Waals surface area contributed by atoms with Crippen LogP contribution in [0.4, 0.5) is 11.4 Å². The van der Waals surface area contributed by atoms with Crippen molar-refractivity contribution in [3.63, 3.8) is 0 Å². The molecule has 0 atom stereocenters. The Hall–Kier alpha value is -1.86. The van der Waals surface area contributed by atoms with Crippen LogP contribution in [0.3, 0.4) is 0 Å². The first-order valence-corrected chi connectivity index (χ1v) is 4.56. The number of hydrogen-bond acceptors (Lipinski definition) is 6. The molecule has 0 bridgehead atoms. The number of ether oxygens (including phenoxy) is 2. The van der Waals surface area contributed by atoms with Crippen molar-refractivity contribution < 1.29 is 14.4 Å². The van der Waals surface area contributed by atoms with Crippen LogP contribution in [0.5, 0.6) is 5.75 Å². The summed E-state index contributed by atoms with van der Waals surface area (Å²) in [7, 11) is 1.52. The number of nitrogens with one attached hydrogen (secondary N) is 1. The number of para-hydroxylation sites is 1. The third kappa shape index (κ3) is 2.81. The molecule has 0 aromatic heterocycles. The molecule has 0 radical (unpaired) electrons. The zero-order valence-electron chi connectivity index (χ0n) is 8.80. The van der Waals surface area contributed by atoms with Crippen LogP contribution in [-0.4, -0.2) is 25.2 Å². The van der Waals surface area contributed by atoms with Crippen molar-refractivity contribution in [1.82, 2.24) is 0 Å². The van der Waals surface area contributed by atoms with Crippen LogP contribution in [0.1, 0.15) is 0 Å². The largest absolute Gasteiger partial charge is 0.484 e. The van der Waals surface area contributed by atoms with E-state index >= 15 is 0 Å². The molecule has 88 valence electrons. The van der Waals surface area contributed by atoms with E-state index in [1.54, 1.807) is 6.07 Å². The summed E-state index contributed by atoms with van der Waals surface area (Å²) in [5, 5.41) is 10.8. The lowest BCUT2D eigenvalue weighted by Gasteiger charge is -2.08. The van der Waals surface area contributed by atoms with Gasteiger partial charge in [0.25, 0.3) is 0 Å². The standard InChI is InChI=1S/C9H13N3O4/c1-15-5-6-16-8-4-2-3-7(11-10)9(8)12(13)14/h2-4,11H,5-6,10H2,1H3. The smallest absolute Gasteiger partial charge is 0.335 e. The second-order valence-corrected chi connectivity index (χ2v) is 2.90. The fraction of sp³-hybridized carbons (Fsp3) is 0.333. The van der Waals surface area contributed by atoms with Crippen molar-refractivity contribution in [3.8, 4) is 5.75 Å². The summed E-state index contributed by atoms with van der Waals surface area (Å²) >= 11 is 0. The molecule has 0 heterocycles. The Morgan fingerprint density at radius 3 is 2.81 bits per heavy atom. The van der Waals surface area contributed by atoms with E-state index < -0.39 is 4.92 Å². The predicted octanol–water partition coefficient (Wildman–Crippen LogP) is 0.906. The summed E-state index contributed by atoms with van der Waals surface area (Å²) in [6, 6.07) is 4.63. The van der Waals surface area contributed by atoms with Crippen molar-refractivity contribution in [2.75, 3.05) is 25.7 Å². The van der Waals surface area contributed by atoms with Crippen LogP contribution in [-0.2, 0) is 4.74 Å². The maximum Gasteiger partial charge on any atom is 0.335 e. The molecule has 0 spiro atoms. The van der Waals surface area contributed by atoms with E-state index in [9.17, 15) is 10.1 Å². The summed E-state index contributed by atoms with van der Waals surface area (Å²) in [5.41, 5.74) is 2.28. The van der Waals surface area contributed by atoms with Crippen molar-refractivity contribution >= 4 is 11.4 Å². The van der Waals surface area contributed by atoms with Gasteiger partial charge in [-0.25, -0.2) is 0 Å². The molecule has 0 aliphatic rings. The highest BCUT2D eigenvalue weighted by Crippen LogP contribution is 2.33. The second kappa shape index (κ2) is 5.89. The molecule has 7 heteroatoms. The number of rotatable bonds is 6. The van der Waals surface area contributed by atoms with Crippen LogP contribution in [0.15, 0.2) is 18.2 Å². The zero-order chi connectivity index (χ0) is 12.0. The first-order chi connectivity index (χ1) is 7.70. The molecule has 0 unspecified atom stereocenters. The Morgan fingerprint density at radius 1 is 1.50 bits per heavy atom. The predicted molar refractivity (Wildman–Crippen MR) is 58.3 cm³/mol. The van der Waals surface area contributed by atoms with Gasteiger partial charge in [-0.05, 0) is 12.1 Å². The SMILES string of the molecule is COCCOc1cccc(NN)c1[N+](=O)[O-]. The van der Waals surface area contributed by atoms with Crippen LogP contribution in [0.25, 0.3) is 0 Å². The third-order valence-electron chi connectivity index (χ3n) is 1.88. The van der Waals surface area contributed by atoms with E-state index in [1.165, 1.54) is 19.2 Å². The molecule has 7 nitrogen and oxygen atoms in total. The highest BCUT2D eigenvalue weighted by molar-refractivity contribution is 5.67. The Morgan fingerprint density at radius 2 is 2.25 bits per heavy atom. The maximum atomic E-state index is 10.8. The average Bonchev–Trinajstić information content (AvgIpc) is 2.28. The second-order valence-electron chi connectivity index (χ2n) is 2.90. The minimum absolute atomic E-state index is 0.164. The molecule has 16 heavy (non-hydrogen) atoms. The van der Waals surface area contributed by atoms with Gasteiger partial charge in [0.05, 0.1) is 11.5 Å². The monoisotopic (exact) mass is 227 g/mol. The normalized spacial score (nSPS) is 9.88. The molecule has 1 rings (SSSR count). The first kappa shape index (κ1) is 12.2. The number of nitrogens with zero attached hydrogens (tertiary/aromatic N) is 1. The minimum atomic E-state index is -0.544. The molecule has 1 aromatic carbocycles. The number of methoxy groups -OCH3 is 1. The summed E-state index contributed by atoms with van der Waals surface area (Å²) in [4.78, 5) is 10.3. The minimum Gasteiger partial charge on any atom is -0.484 e. The number of anilines is 1. The Balaban J connectivity index is 2.93. The van der Waals surface area contributed by atoms with E-state index in [1.807, 2.05) is 0 Å². The molecular formula is C9H13N3O4. The number of nitrogens with two attached hydrogens (primary N) is 1. The molecule has 0 saturated carbocycles. The number of hydrogen-bond donors (Lipinski definition) is 2. The van der Waals surface area contributed by atoms with Crippen LogP contribution >= 0.6 is 0 Å². The topological polar surface area (TPSA) is 99.7 Å². The lowest BCUT2D eigenvalue weighted by molar-refractivity contribution is -0.385. The molecular weight excluding hydrogens is 214 g/mol. The van der Waals surface area contributed by atoms with Crippen LogP contribution in [0.2, 0.25) is 0 Å². The van der Waals surface area contributed by atoms with Gasteiger partial charge in [0.15, 0.2) is 5.75 Å². The average molecular weight is 227 g/mol. The summed E-state index contributed by atoms with van der Waals surface area (Å²) in [6.45, 7) is 0.600. The first-order valence-electron chi connectivity index (χ1n) is 4.56. The number of nitro groups is 1. The Bertz CT molecular complexity index is 370. The quantitative estimate of drug-likeness (QED) is 0.324. The number of nitro benzene ring substituents is 1. The van der Waals surface area contributed by atoms with E-state index in [-0.39, 0.29) is 23.7 Å². The number of hydrazine groups is 1. The van der Waals surface area contributed by atoms with Gasteiger partial charge in [0.1, 0.15) is 12.3 Å². The molecule has 0 saturated heterocycles. The van der Waals surface area contributed by atoms with Gasteiger partial charge in [0, 0.05) is 7.11 Å². The fourth-order valence-corrected chi connectivity index (χ4v) is 1.18. The van der Waals surface area contributed by atoms with Gasteiger partial charge >= 0.3 is 5.69 Å². The molecule has 0 aliphatic carbocycles. The van der Waals surface area contributed by atoms with Crippen molar-refractivity contribution in [2.45, 2.75) is 0 Å². The lowest BCUT2D eigenvalue weighted by Crippen LogP contribution is -2.11. The molecule has 0 amide bonds. The zero-order valence-corrected chi connectivity index (χ0v) is 8.80. The maximum absolute atomic E-state index is 10.8. The number of nitrogen functional groups attached to an aromatic ring is 1. The molecule has 1 aromatic rings. The van der Waals surface area contributed by atoms with Crippen molar-refractivity contribution in [2.24, 2.45) is 5.84 Å².